The number of aliphatic carboxylic acids is 1. The summed E-state index contributed by atoms with van der Waals surface area (Å²) < 4.78 is 126. The second kappa shape index (κ2) is 51.8. The highest BCUT2D eigenvalue weighted by atomic mass is 16.8. The van der Waals surface area contributed by atoms with Crippen molar-refractivity contribution in [2.45, 2.75) is 398 Å². The van der Waals surface area contributed by atoms with Crippen LogP contribution in [0, 0.1) is 0 Å². The van der Waals surface area contributed by atoms with Crippen LogP contribution in [-0.2, 0) is 133 Å². The molecule has 11 aliphatic heterocycles. The Morgan fingerprint density at radius 3 is 1.05 bits per heavy atom. The summed E-state index contributed by atoms with van der Waals surface area (Å²) in [6, 6.07) is -11.4. The number of carbonyl (C=O) groups is 7. The van der Waals surface area contributed by atoms with Crippen LogP contribution in [-0.4, -0.2) is 604 Å². The Morgan fingerprint density at radius 1 is 0.297 bits per heavy atom. The third-order valence-electron chi connectivity index (χ3n) is 26.3. The lowest BCUT2D eigenvalue weighted by Gasteiger charge is -2.51. The molecule has 64 nitrogen and oxygen atoms in total. The van der Waals surface area contributed by atoms with Gasteiger partial charge in [0.15, 0.2) is 62.9 Å². The van der Waals surface area contributed by atoms with Crippen LogP contribution in [0.4, 0.5) is 0 Å². The number of rotatable bonds is 39. The van der Waals surface area contributed by atoms with Crippen molar-refractivity contribution < 1.29 is 286 Å². The molecule has 11 fully saturated rings. The molecule has 0 saturated carbocycles. The molecular formula is C81H134N6O58. The van der Waals surface area contributed by atoms with Crippen molar-refractivity contribution in [1.29, 1.82) is 0 Å². The van der Waals surface area contributed by atoms with Gasteiger partial charge in [0.2, 0.25) is 35.4 Å². The number of aliphatic hydroxyl groups excluding tert-OH is 29. The number of aliphatic hydroxyl groups is 29. The number of carboxylic acids is 1. The van der Waals surface area contributed by atoms with Crippen molar-refractivity contribution in [1.82, 2.24) is 31.9 Å². The highest BCUT2D eigenvalue weighted by Gasteiger charge is 2.64. The first-order valence-electron chi connectivity index (χ1n) is 46.1. The van der Waals surface area contributed by atoms with Crippen molar-refractivity contribution in [3.63, 3.8) is 0 Å². The van der Waals surface area contributed by atoms with E-state index < -0.39 is 457 Å². The molecule has 36 N–H and O–H groups in total. The van der Waals surface area contributed by atoms with E-state index in [0.29, 0.717) is 0 Å². The quantitative estimate of drug-likeness (QED) is 0.0272. The number of hydrogen-bond donors (Lipinski definition) is 36. The summed E-state index contributed by atoms with van der Waals surface area (Å²) in [6.45, 7) is -5.04. The van der Waals surface area contributed by atoms with Crippen LogP contribution in [0.25, 0.3) is 0 Å². The number of carboxylic acid groups (broad SMARTS) is 1. The molecule has 0 aliphatic carbocycles. The molecular weight excluding hydrogens is 1980 g/mol. The minimum Gasteiger partial charge on any atom is -0.477 e. The summed E-state index contributed by atoms with van der Waals surface area (Å²) in [6.07, 6.45) is -107. The van der Waals surface area contributed by atoms with Crippen LogP contribution in [0.5, 0.6) is 0 Å². The molecule has 0 radical (unpaired) electrons. The number of nitrogens with one attached hydrogen (secondary N) is 6. The fourth-order valence-corrected chi connectivity index (χ4v) is 18.7. The van der Waals surface area contributed by atoms with Gasteiger partial charge in [0.1, 0.15) is 256 Å². The van der Waals surface area contributed by atoms with Gasteiger partial charge in [-0.2, -0.15) is 0 Å². The van der Waals surface area contributed by atoms with E-state index in [-0.39, 0.29) is 0 Å². The van der Waals surface area contributed by atoms with E-state index in [2.05, 4.69) is 31.9 Å². The Bertz CT molecular complexity index is 4150. The fraction of sp³-hybridized carbons (Fsp3) is 0.914. The predicted molar refractivity (Wildman–Crippen MR) is 448 cm³/mol. The van der Waals surface area contributed by atoms with Crippen molar-refractivity contribution >= 4 is 41.4 Å². The van der Waals surface area contributed by atoms with Crippen LogP contribution in [0.3, 0.4) is 0 Å². The van der Waals surface area contributed by atoms with Crippen LogP contribution < -0.4 is 31.9 Å². The standard InChI is InChI=1S/C81H134N6O58/c1-19-43(103)55(115)59(119)75(128-19)125-17-36-65(51(111)38(70(122)129-36)83-21(3)96)139-72-40(85-23(5)98)53(113)64(33(15-94)133-72)141-77-61(121)67(142-79-69(58(118)47(107)30(12-91)132-79)144-74-41(86-24(6)99)52(112)62(31(13-92)134-74)138-71-39(84-22(4)97)50(110)45(105)28(10-89)130-71)49(109)34(136-77)16-126-78-68(57(117)46(106)29(11-90)131-78)143-73-42(87-25(7)100)54(114)63(32(14-93)135-73)140-76-60(120)56(116)48(108)35(137-76)18-127-81(80(123)124)8-26(101)37(82-20(2)95)66(145-81)44(104)27(102)9-88/h19,26-79,88-94,101-122H,8-18H2,1-7H3,(H,82,95)(H,83,96)(H,84,97)(H,85,98)(H,86,99)(H,87,100)(H,123,124)/t19-,26-,27+,28+,29+,30+,31+,32+,33+,34+,35+,36+,37+,38+,39+,40+,41+,42+,43+,44+,45-,46+,47+,48-,49+,50+,51+,52+,53+,54+,55+,56-,57-,58-,59-,60+,61-,62+,63+,64+,65+,66+,67-,68-,69-,70?,71-,72-,73-,74-,75+,76-,77-,78-,79+,81+/m0/s1. The lowest BCUT2D eigenvalue weighted by atomic mass is 9.88. The zero-order valence-corrected chi connectivity index (χ0v) is 78.4. The number of amides is 6. The lowest BCUT2D eigenvalue weighted by Crippen LogP contribution is -2.71. The molecule has 11 rings (SSSR count). The molecule has 0 aromatic carbocycles. The molecule has 0 bridgehead atoms. The van der Waals surface area contributed by atoms with Gasteiger partial charge in [-0.15, -0.1) is 0 Å². The third-order valence-corrected chi connectivity index (χ3v) is 26.3. The van der Waals surface area contributed by atoms with Crippen molar-refractivity contribution in [3.8, 4) is 0 Å². The van der Waals surface area contributed by atoms with E-state index >= 15 is 0 Å². The summed E-state index contributed by atoms with van der Waals surface area (Å²) in [5, 5.41) is 353. The Balaban J connectivity index is 0.908. The summed E-state index contributed by atoms with van der Waals surface area (Å²) >= 11 is 0. The van der Waals surface area contributed by atoms with Crippen LogP contribution in [0.1, 0.15) is 54.9 Å². The Labute approximate surface area is 821 Å². The van der Waals surface area contributed by atoms with E-state index in [1.54, 1.807) is 0 Å². The van der Waals surface area contributed by atoms with Crippen LogP contribution in [0.15, 0.2) is 0 Å². The maximum atomic E-state index is 13.4. The molecule has 64 heteroatoms. The number of hydrogen-bond acceptors (Lipinski definition) is 57. The van der Waals surface area contributed by atoms with E-state index in [4.69, 9.17) is 99.5 Å². The minimum absolute atomic E-state index is 0.845. The first kappa shape index (κ1) is 120. The summed E-state index contributed by atoms with van der Waals surface area (Å²) in [5.41, 5.74) is 0. The Morgan fingerprint density at radius 2 is 0.614 bits per heavy atom. The maximum absolute atomic E-state index is 13.4. The maximum Gasteiger partial charge on any atom is 0.364 e. The van der Waals surface area contributed by atoms with Gasteiger partial charge in [-0.05, 0) is 6.92 Å². The molecule has 0 aromatic rings. The zero-order chi connectivity index (χ0) is 107. The van der Waals surface area contributed by atoms with E-state index in [9.17, 15) is 187 Å². The highest BCUT2D eigenvalue weighted by molar-refractivity contribution is 5.77. The molecule has 11 heterocycles. The SMILES string of the molecule is CC(=O)N[C@H]1[C@H](O[C@H]2[C@H](O)[C@@H](NC(C)=O)C(O)O[C@@H]2CO[C@@H]2O[C@@H](C)[C@@H](O)[C@@H](O)[C@@H]2O)O[C@H](CO)[C@@H](O[C@@H]2O[C@H](CO[C@H]3O[C@H](CO)[C@@H](O)[C@H](O)[C@@H]3O[C@@H]3O[C@H](CO)[C@@H](O[C@@H]4O[C@H](CO[C@]5(C(=O)O)C[C@H](O)[C@@H](NC(C)=O)[C@H]([C@H](O)[C@H](O)CO)O5)[C@H](O)[C@H](O)[C@H]4O)[C@H](O)[C@H]3NC(C)=O)[C@@H](O)[C@H](O[C@H]3O[C@H](CO)[C@@H](O)[C@H](O)[C@@H]3O[C@@H]3O[C@H](CO)[C@@H](O[C@@H]4O[C@H](CO)[C@H](O)[C@H](O)[C@H]4NC(C)=O)[C@H](O)[C@H]3NC(C)=O)[C@@H]2O)[C@@H]1O. The van der Waals surface area contributed by atoms with Crippen molar-refractivity contribution in [2.75, 3.05) is 66.1 Å². The van der Waals surface area contributed by atoms with Crippen LogP contribution in [0.2, 0.25) is 0 Å². The zero-order valence-electron chi connectivity index (χ0n) is 78.4. The fourth-order valence-electron chi connectivity index (χ4n) is 18.7. The molecule has 0 spiro atoms. The summed E-state index contributed by atoms with van der Waals surface area (Å²) in [4.78, 5) is 90.1. The van der Waals surface area contributed by atoms with E-state index in [1.807, 2.05) is 0 Å². The van der Waals surface area contributed by atoms with E-state index in [1.165, 1.54) is 6.92 Å². The topological polar surface area (TPSA) is 992 Å². The smallest absolute Gasteiger partial charge is 0.364 e. The normalized spacial score (nSPS) is 47.2. The Kier molecular flexibility index (Phi) is 42.7. The lowest BCUT2D eigenvalue weighted by molar-refractivity contribution is -0.398. The summed E-state index contributed by atoms with van der Waals surface area (Å²) in [5.74, 6) is -10.8. The number of carbonyl (C=O) groups excluding carboxylic acids is 6. The molecule has 11 saturated heterocycles. The summed E-state index contributed by atoms with van der Waals surface area (Å²) in [7, 11) is 0. The molecule has 6 amide bonds. The molecule has 1 unspecified atom stereocenters. The Hall–Kier alpha value is -5.71. The minimum atomic E-state index is -3.12. The van der Waals surface area contributed by atoms with Crippen LogP contribution >= 0.6 is 0 Å². The van der Waals surface area contributed by atoms with Gasteiger partial charge >= 0.3 is 5.97 Å². The van der Waals surface area contributed by atoms with Crippen molar-refractivity contribution in [3.05, 3.63) is 0 Å². The van der Waals surface area contributed by atoms with Gasteiger partial charge < -0.3 is 285 Å². The van der Waals surface area contributed by atoms with E-state index in [0.717, 1.165) is 41.5 Å². The predicted octanol–water partition coefficient (Wildman–Crippen LogP) is -23.9. The largest absolute Gasteiger partial charge is 0.477 e. The highest BCUT2D eigenvalue weighted by Crippen LogP contribution is 2.43. The second-order valence-corrected chi connectivity index (χ2v) is 36.7. The number of ether oxygens (including phenoxy) is 21. The first-order chi connectivity index (χ1) is 68.3. The molecule has 0 aromatic heterocycles. The van der Waals surface area contributed by atoms with Crippen molar-refractivity contribution in [2.24, 2.45) is 0 Å². The third kappa shape index (κ3) is 27.0. The molecule has 145 heavy (non-hydrogen) atoms. The van der Waals surface area contributed by atoms with Gasteiger partial charge in [-0.1, -0.05) is 0 Å². The molecule has 11 aliphatic rings. The molecule has 56 atom stereocenters. The van der Waals surface area contributed by atoms with Gasteiger partial charge in [-0.25, -0.2) is 4.79 Å². The van der Waals surface area contributed by atoms with Gasteiger partial charge in [0.25, 0.3) is 5.79 Å². The van der Waals surface area contributed by atoms with Gasteiger partial charge in [0, 0.05) is 48.0 Å². The van der Waals surface area contributed by atoms with Gasteiger partial charge in [0.05, 0.1) is 84.3 Å². The first-order valence-corrected chi connectivity index (χ1v) is 46.1. The average molecular weight is 2120 g/mol. The monoisotopic (exact) mass is 2120 g/mol. The average Bonchev–Trinajstić information content (AvgIpc) is 0.781. The van der Waals surface area contributed by atoms with Gasteiger partial charge in [-0.3, -0.25) is 28.8 Å². The second-order valence-electron chi connectivity index (χ2n) is 36.7. The molecule has 836 valence electrons.